The molecule has 9 rings (SSSR count). The molecule has 440 valence electrons. The van der Waals surface area contributed by atoms with Gasteiger partial charge in [-0.05, 0) is 109 Å². The van der Waals surface area contributed by atoms with Gasteiger partial charge in [-0.25, -0.2) is 4.79 Å². The zero-order chi connectivity index (χ0) is 56.3. The lowest BCUT2D eigenvalue weighted by molar-refractivity contribution is -0.391. The van der Waals surface area contributed by atoms with Gasteiger partial charge >= 0.3 is 11.9 Å². The minimum atomic E-state index is -1.97. The summed E-state index contributed by atoms with van der Waals surface area (Å²) in [6, 6.07) is 0. The molecule has 77 heavy (non-hydrogen) atoms. The summed E-state index contributed by atoms with van der Waals surface area (Å²) in [4.78, 5) is 28.2. The van der Waals surface area contributed by atoms with E-state index in [2.05, 4.69) is 54.5 Å². The smallest absolute Gasteiger partial charge is 0.337 e. The Hall–Kier alpha value is -2.08. The number of aliphatic hydroxyl groups is 12. The second kappa shape index (κ2) is 21.6. The summed E-state index contributed by atoms with van der Waals surface area (Å²) in [5, 5.41) is 128. The van der Waals surface area contributed by atoms with Gasteiger partial charge in [0.2, 0.25) is 6.29 Å². The normalized spacial score (nSPS) is 52.4. The molecule has 4 aliphatic heterocycles. The largest absolute Gasteiger partial charge is 0.467 e. The number of hydrogen-bond acceptors (Lipinski definition) is 23. The third-order valence-electron chi connectivity index (χ3n) is 21.2. The predicted octanol–water partition coefficient (Wildman–Crippen LogP) is -1.22. The fourth-order valence-corrected chi connectivity index (χ4v) is 16.3. The minimum Gasteiger partial charge on any atom is -0.467 e. The van der Waals surface area contributed by atoms with Crippen LogP contribution in [-0.2, 0) is 52.2 Å². The molecule has 4 saturated heterocycles. The molecule has 9 aliphatic rings. The molecule has 0 aromatic rings. The van der Waals surface area contributed by atoms with Crippen LogP contribution in [0.15, 0.2) is 11.6 Å². The highest BCUT2D eigenvalue weighted by atomic mass is 16.8. The van der Waals surface area contributed by atoms with E-state index in [0.29, 0.717) is 32.1 Å². The molecule has 0 aromatic heterocycles. The molecule has 0 unspecified atom stereocenters. The van der Waals surface area contributed by atoms with E-state index < -0.39 is 165 Å². The van der Waals surface area contributed by atoms with E-state index in [1.807, 2.05) is 0 Å². The molecule has 27 atom stereocenters. The molecule has 23 heteroatoms. The number of carbonyl (C=O) groups excluding carboxylic acids is 2. The molecule has 0 radical (unpaired) electrons. The Morgan fingerprint density at radius 3 is 1.84 bits per heavy atom. The molecule has 4 saturated carbocycles. The van der Waals surface area contributed by atoms with Gasteiger partial charge in [0.1, 0.15) is 85.5 Å². The molecule has 0 spiro atoms. The van der Waals surface area contributed by atoms with Crippen molar-refractivity contribution in [3.8, 4) is 0 Å². The second-order valence-electron chi connectivity index (χ2n) is 26.0. The maximum absolute atomic E-state index is 14.8. The summed E-state index contributed by atoms with van der Waals surface area (Å²) in [6.45, 7) is 13.8. The molecular weight excluding hydrogens is 1020 g/mol. The maximum Gasteiger partial charge on any atom is 0.337 e. The van der Waals surface area contributed by atoms with Crippen molar-refractivity contribution in [3.05, 3.63) is 11.6 Å². The molecule has 0 aromatic carbocycles. The van der Waals surface area contributed by atoms with E-state index >= 15 is 0 Å². The molecule has 23 nitrogen and oxygen atoms in total. The van der Waals surface area contributed by atoms with Crippen LogP contribution in [0.2, 0.25) is 0 Å². The fourth-order valence-electron chi connectivity index (χ4n) is 16.3. The highest BCUT2D eigenvalue weighted by molar-refractivity contribution is 5.79. The van der Waals surface area contributed by atoms with E-state index in [-0.39, 0.29) is 39.4 Å². The predicted molar refractivity (Wildman–Crippen MR) is 262 cm³/mol. The first-order chi connectivity index (χ1) is 36.0. The number of esters is 2. The zero-order valence-electron chi connectivity index (χ0n) is 45.4. The monoisotopic (exact) mass is 1100 g/mol. The second-order valence-corrected chi connectivity index (χ2v) is 26.0. The third-order valence-corrected chi connectivity index (χ3v) is 21.2. The molecule has 0 bridgehead atoms. The van der Waals surface area contributed by atoms with E-state index in [1.54, 1.807) is 0 Å². The van der Waals surface area contributed by atoms with Gasteiger partial charge in [-0.2, -0.15) is 0 Å². The minimum absolute atomic E-state index is 0.0291. The van der Waals surface area contributed by atoms with Gasteiger partial charge in [-0.3, -0.25) is 4.79 Å². The first-order valence-corrected chi connectivity index (χ1v) is 27.6. The van der Waals surface area contributed by atoms with Crippen LogP contribution in [0.1, 0.15) is 113 Å². The van der Waals surface area contributed by atoms with Crippen molar-refractivity contribution in [2.75, 3.05) is 26.9 Å². The SMILES string of the molecule is COC(=O)[C@H]1O[C@@H](O[C@H]2CC[C@]3(C)[C@H]4CC=C5[C@@H]6CC(C)(C)CC[C@]6(C(=O)O[C@@H]6O[C@H](CO)[C@@H](O)[C@H](O)[C@H]6O)CC[C@@]5(C)[C@]4(C)CC[C@H]3C2(C)C)[C@H](O[C@@H]2OC[C@@H](O)[C@H](O)[C@H]2O)[C@@H](O[C@@H]2O[C@H](CO)[C@H](O)[C@H](O)[C@H]2O)[C@@H]1O. The Morgan fingerprint density at radius 2 is 1.21 bits per heavy atom. The van der Waals surface area contributed by atoms with Crippen LogP contribution in [0.5, 0.6) is 0 Å². The lowest BCUT2D eigenvalue weighted by Crippen LogP contribution is -2.68. The topological polar surface area (TPSA) is 360 Å². The van der Waals surface area contributed by atoms with E-state index in [4.69, 9.17) is 42.6 Å². The molecular formula is C54H86O23. The maximum atomic E-state index is 14.8. The number of rotatable bonds is 11. The standard InChI is InChI=1S/C54H86O23/c1-49(2)15-17-54(48(68)77-46-38(65)35(62)33(60)27(21-56)72-46)18-16-52(6)23(24(54)19-49)9-10-29-51(5)13-12-30(50(3,4)28(51)11-14-53(29,52)7)73-47-42(76-44-36(63)31(58)25(57)22-70-44)40(39(66)41(75-47)43(67)69-8)74-45-37(64)34(61)32(59)26(20-55)71-45/h9,24-42,44-47,55-66H,10-22H2,1-8H3/t24-,25+,26+,27+,28-,29+,30-,31-,32-,33+,34-,35-,36+,37+,38+,39-,40-,41-,42+,44-,45-,46-,47+,51-,52+,53+,54-/m0/s1. The summed E-state index contributed by atoms with van der Waals surface area (Å²) < 4.78 is 53.8. The van der Waals surface area contributed by atoms with Crippen molar-refractivity contribution in [1.82, 2.24) is 0 Å². The summed E-state index contributed by atoms with van der Waals surface area (Å²) in [7, 11) is 1.08. The summed E-state index contributed by atoms with van der Waals surface area (Å²) in [5.41, 5.74) is -1.33. The van der Waals surface area contributed by atoms with Crippen molar-refractivity contribution >= 4 is 11.9 Å². The number of aliphatic hydroxyl groups excluding tert-OH is 12. The third kappa shape index (κ3) is 9.76. The van der Waals surface area contributed by atoms with Gasteiger partial charge in [0, 0.05) is 0 Å². The van der Waals surface area contributed by atoms with Crippen molar-refractivity contribution < 1.29 is 113 Å². The van der Waals surface area contributed by atoms with Crippen LogP contribution in [0.3, 0.4) is 0 Å². The van der Waals surface area contributed by atoms with Gasteiger partial charge < -0.3 is 104 Å². The van der Waals surface area contributed by atoms with Crippen molar-refractivity contribution in [2.24, 2.45) is 50.2 Å². The first kappa shape index (κ1) is 59.5. The van der Waals surface area contributed by atoms with Crippen molar-refractivity contribution in [1.29, 1.82) is 0 Å². The highest BCUT2D eigenvalue weighted by Crippen LogP contribution is 2.76. The van der Waals surface area contributed by atoms with E-state index in [9.17, 15) is 70.9 Å². The van der Waals surface area contributed by atoms with E-state index in [1.165, 1.54) is 5.57 Å². The molecule has 0 amide bonds. The number of fused-ring (bicyclic) bond motifs is 7. The Labute approximate surface area is 448 Å². The number of allylic oxidation sites excluding steroid dienone is 2. The summed E-state index contributed by atoms with van der Waals surface area (Å²) >= 11 is 0. The van der Waals surface area contributed by atoms with Crippen LogP contribution in [0, 0.1) is 50.2 Å². The summed E-state index contributed by atoms with van der Waals surface area (Å²) in [6.07, 6.45) is -23.9. The number of carbonyl (C=O) groups is 2. The Balaban J connectivity index is 1.00. The average Bonchev–Trinajstić information content (AvgIpc) is 3.44. The van der Waals surface area contributed by atoms with Gasteiger partial charge in [0.05, 0.1) is 38.4 Å². The highest BCUT2D eigenvalue weighted by Gasteiger charge is 2.70. The summed E-state index contributed by atoms with van der Waals surface area (Å²) in [5.74, 6) is -1.58. The number of ether oxygens (including phenoxy) is 9. The van der Waals surface area contributed by atoms with Crippen LogP contribution >= 0.6 is 0 Å². The van der Waals surface area contributed by atoms with Crippen LogP contribution < -0.4 is 0 Å². The Kier molecular flexibility index (Phi) is 16.7. The zero-order valence-corrected chi connectivity index (χ0v) is 45.4. The van der Waals surface area contributed by atoms with Gasteiger partial charge in [0.15, 0.2) is 25.0 Å². The molecule has 4 heterocycles. The average molecular weight is 1100 g/mol. The van der Waals surface area contributed by atoms with Crippen LogP contribution in [0.25, 0.3) is 0 Å². The first-order valence-electron chi connectivity index (χ1n) is 27.6. The molecule has 12 N–H and O–H groups in total. The lowest BCUT2D eigenvalue weighted by atomic mass is 9.33. The fraction of sp³-hybridized carbons (Fsp3) is 0.926. The number of hydrogen-bond donors (Lipinski definition) is 12. The van der Waals surface area contributed by atoms with Gasteiger partial charge in [-0.1, -0.05) is 60.1 Å². The van der Waals surface area contributed by atoms with Gasteiger partial charge in [-0.15, -0.1) is 0 Å². The van der Waals surface area contributed by atoms with Crippen molar-refractivity contribution in [3.63, 3.8) is 0 Å². The Morgan fingerprint density at radius 1 is 0.610 bits per heavy atom. The molecule has 8 fully saturated rings. The Bertz CT molecular complexity index is 2160. The van der Waals surface area contributed by atoms with Crippen molar-refractivity contribution in [2.45, 2.75) is 235 Å². The number of methoxy groups -OCH3 is 1. The van der Waals surface area contributed by atoms with Crippen LogP contribution in [0.4, 0.5) is 0 Å². The van der Waals surface area contributed by atoms with Gasteiger partial charge in [0.25, 0.3) is 0 Å². The molecule has 5 aliphatic carbocycles. The van der Waals surface area contributed by atoms with E-state index in [0.717, 1.165) is 39.2 Å². The quantitative estimate of drug-likeness (QED) is 0.0656. The lowest BCUT2D eigenvalue weighted by Gasteiger charge is -2.71. The van der Waals surface area contributed by atoms with Crippen LogP contribution in [-0.4, -0.2) is 223 Å².